The van der Waals surface area contributed by atoms with Crippen molar-refractivity contribution in [3.8, 4) is 0 Å². The molecule has 8 heteroatoms. The van der Waals surface area contributed by atoms with E-state index in [4.69, 9.17) is 5.11 Å². The van der Waals surface area contributed by atoms with Crippen LogP contribution in [0.1, 0.15) is 35.3 Å². The van der Waals surface area contributed by atoms with Gasteiger partial charge >= 0.3 is 18.0 Å². The number of carbonyl (C=O) groups excluding carboxylic acids is 2. The van der Waals surface area contributed by atoms with Crippen molar-refractivity contribution in [3.05, 3.63) is 65.2 Å². The van der Waals surface area contributed by atoms with Crippen molar-refractivity contribution < 1.29 is 19.5 Å². The average Bonchev–Trinajstić information content (AvgIpc) is 2.65. The lowest BCUT2D eigenvalue weighted by atomic mass is 10.1. The van der Waals surface area contributed by atoms with E-state index in [0.717, 1.165) is 11.1 Å². The number of anilines is 1. The molecule has 148 valence electrons. The maximum atomic E-state index is 11.9. The highest BCUT2D eigenvalue weighted by Gasteiger charge is 2.05. The van der Waals surface area contributed by atoms with Crippen LogP contribution < -0.4 is 21.3 Å². The number of urea groups is 2. The molecule has 0 bridgehead atoms. The topological polar surface area (TPSA) is 120 Å². The molecule has 4 amide bonds. The van der Waals surface area contributed by atoms with Gasteiger partial charge < -0.3 is 26.4 Å². The molecule has 0 saturated carbocycles. The van der Waals surface area contributed by atoms with Gasteiger partial charge in [-0.2, -0.15) is 0 Å². The van der Waals surface area contributed by atoms with Crippen LogP contribution in [0.4, 0.5) is 15.3 Å². The van der Waals surface area contributed by atoms with E-state index < -0.39 is 5.97 Å². The zero-order valence-corrected chi connectivity index (χ0v) is 15.8. The monoisotopic (exact) mass is 384 g/mol. The van der Waals surface area contributed by atoms with Crippen molar-refractivity contribution >= 4 is 23.7 Å². The van der Waals surface area contributed by atoms with Gasteiger partial charge in [-0.25, -0.2) is 14.4 Å². The molecular weight excluding hydrogens is 360 g/mol. The minimum atomic E-state index is -0.987. The van der Waals surface area contributed by atoms with Crippen molar-refractivity contribution in [2.24, 2.45) is 0 Å². The van der Waals surface area contributed by atoms with Crippen LogP contribution in [0.5, 0.6) is 0 Å². The van der Waals surface area contributed by atoms with Crippen molar-refractivity contribution in [1.29, 1.82) is 0 Å². The fraction of sp³-hybridized carbons (Fsp3) is 0.250. The second-order valence-corrected chi connectivity index (χ2v) is 6.49. The zero-order valence-electron chi connectivity index (χ0n) is 15.8. The Bertz CT molecular complexity index is 817. The third kappa shape index (κ3) is 6.99. The molecular formula is C20H24N4O4. The molecule has 0 atom stereocenters. The Kier molecular flexibility index (Phi) is 7.38. The van der Waals surface area contributed by atoms with E-state index in [-0.39, 0.29) is 23.7 Å². The van der Waals surface area contributed by atoms with Crippen molar-refractivity contribution in [3.63, 3.8) is 0 Å². The van der Waals surface area contributed by atoms with Crippen LogP contribution in [-0.4, -0.2) is 29.2 Å². The maximum absolute atomic E-state index is 11.9. The molecule has 0 aromatic heterocycles. The molecule has 8 nitrogen and oxygen atoms in total. The van der Waals surface area contributed by atoms with Gasteiger partial charge in [-0.3, -0.25) is 0 Å². The summed E-state index contributed by atoms with van der Waals surface area (Å²) >= 11 is 0. The largest absolute Gasteiger partial charge is 0.478 e. The number of hydrogen-bond acceptors (Lipinski definition) is 3. The van der Waals surface area contributed by atoms with Gasteiger partial charge in [0.1, 0.15) is 0 Å². The minimum Gasteiger partial charge on any atom is -0.478 e. The van der Waals surface area contributed by atoms with E-state index in [1.54, 1.807) is 24.3 Å². The summed E-state index contributed by atoms with van der Waals surface area (Å²) in [6, 6.07) is 12.9. The summed E-state index contributed by atoms with van der Waals surface area (Å²) in [5.41, 5.74) is 2.55. The predicted octanol–water partition coefficient (Wildman–Crippen LogP) is 2.91. The second-order valence-electron chi connectivity index (χ2n) is 6.49. The first-order chi connectivity index (χ1) is 13.3. The molecule has 0 saturated heterocycles. The normalized spacial score (nSPS) is 10.2. The smallest absolute Gasteiger partial charge is 0.335 e. The van der Waals surface area contributed by atoms with E-state index >= 15 is 0 Å². The number of benzene rings is 2. The van der Waals surface area contributed by atoms with Crippen molar-refractivity contribution in [2.75, 3.05) is 5.32 Å². The van der Waals surface area contributed by atoms with Crippen LogP contribution in [0.3, 0.4) is 0 Å². The number of nitrogens with one attached hydrogen (secondary N) is 4. The summed E-state index contributed by atoms with van der Waals surface area (Å²) in [7, 11) is 0. The molecule has 28 heavy (non-hydrogen) atoms. The lowest BCUT2D eigenvalue weighted by molar-refractivity contribution is 0.0696. The SMILES string of the molecule is CC(C)NC(=O)Nc1ccc(CNC(=O)NCc2ccc(C(=O)O)cc2)cc1. The first-order valence-corrected chi connectivity index (χ1v) is 8.84. The van der Waals surface area contributed by atoms with Crippen LogP contribution in [0.15, 0.2) is 48.5 Å². The first kappa shape index (κ1) is 20.8. The van der Waals surface area contributed by atoms with E-state index in [1.165, 1.54) is 12.1 Å². The highest BCUT2D eigenvalue weighted by molar-refractivity contribution is 5.89. The fourth-order valence-corrected chi connectivity index (χ4v) is 2.33. The highest BCUT2D eigenvalue weighted by atomic mass is 16.4. The number of amides is 4. The zero-order chi connectivity index (χ0) is 20.5. The molecule has 0 fully saturated rings. The van der Waals surface area contributed by atoms with Crippen LogP contribution in [0.25, 0.3) is 0 Å². The van der Waals surface area contributed by atoms with E-state index in [2.05, 4.69) is 21.3 Å². The number of hydrogen-bond donors (Lipinski definition) is 5. The first-order valence-electron chi connectivity index (χ1n) is 8.84. The lowest BCUT2D eigenvalue weighted by Gasteiger charge is -2.11. The number of aromatic carboxylic acids is 1. The Morgan fingerprint density at radius 3 is 1.79 bits per heavy atom. The Morgan fingerprint density at radius 2 is 1.32 bits per heavy atom. The van der Waals surface area contributed by atoms with E-state index in [1.807, 2.05) is 26.0 Å². The highest BCUT2D eigenvalue weighted by Crippen LogP contribution is 2.09. The van der Waals surface area contributed by atoms with Gasteiger partial charge in [0.2, 0.25) is 0 Å². The Labute approximate surface area is 163 Å². The number of rotatable bonds is 7. The van der Waals surface area contributed by atoms with Gasteiger partial charge in [0, 0.05) is 24.8 Å². The molecule has 2 rings (SSSR count). The summed E-state index contributed by atoms with van der Waals surface area (Å²) in [4.78, 5) is 34.4. The summed E-state index contributed by atoms with van der Waals surface area (Å²) in [6.45, 7) is 4.39. The average molecular weight is 384 g/mol. The fourth-order valence-electron chi connectivity index (χ4n) is 2.33. The summed E-state index contributed by atoms with van der Waals surface area (Å²) in [6.07, 6.45) is 0. The Balaban J connectivity index is 1.74. The molecule has 2 aromatic rings. The Morgan fingerprint density at radius 1 is 0.821 bits per heavy atom. The molecule has 0 radical (unpaired) electrons. The number of carboxylic acid groups (broad SMARTS) is 1. The van der Waals surface area contributed by atoms with Gasteiger partial charge in [0.15, 0.2) is 0 Å². The summed E-state index contributed by atoms with van der Waals surface area (Å²) in [5, 5.41) is 19.8. The molecule has 0 aliphatic carbocycles. The van der Waals surface area contributed by atoms with E-state index in [9.17, 15) is 14.4 Å². The lowest BCUT2D eigenvalue weighted by Crippen LogP contribution is -2.34. The summed E-state index contributed by atoms with van der Waals surface area (Å²) < 4.78 is 0. The number of carboxylic acids is 1. The second kappa shape index (κ2) is 9.96. The maximum Gasteiger partial charge on any atom is 0.335 e. The molecule has 0 aliphatic rings. The van der Waals surface area contributed by atoms with Crippen LogP contribution >= 0.6 is 0 Å². The van der Waals surface area contributed by atoms with Gasteiger partial charge in [0.05, 0.1) is 5.56 Å². The molecule has 0 spiro atoms. The van der Waals surface area contributed by atoms with Gasteiger partial charge in [0.25, 0.3) is 0 Å². The Hall–Kier alpha value is -3.55. The molecule has 5 N–H and O–H groups in total. The molecule has 0 unspecified atom stereocenters. The standard InChI is InChI=1S/C20H24N4O4/c1-13(2)23-20(28)24-17-9-5-15(6-10-17)12-22-19(27)21-11-14-3-7-16(8-4-14)18(25)26/h3-10,13H,11-12H2,1-2H3,(H,25,26)(H2,21,22,27)(H2,23,24,28). The van der Waals surface area contributed by atoms with E-state index in [0.29, 0.717) is 18.8 Å². The third-order valence-electron chi connectivity index (χ3n) is 3.74. The van der Waals surface area contributed by atoms with Crippen molar-refractivity contribution in [2.45, 2.75) is 33.0 Å². The summed E-state index contributed by atoms with van der Waals surface area (Å²) in [5.74, 6) is -0.987. The molecule has 2 aromatic carbocycles. The van der Waals surface area contributed by atoms with Gasteiger partial charge in [-0.1, -0.05) is 24.3 Å². The van der Waals surface area contributed by atoms with Gasteiger partial charge in [-0.15, -0.1) is 0 Å². The van der Waals surface area contributed by atoms with Crippen LogP contribution in [0.2, 0.25) is 0 Å². The predicted molar refractivity (Wildman–Crippen MR) is 106 cm³/mol. The number of carbonyl (C=O) groups is 3. The molecule has 0 heterocycles. The van der Waals surface area contributed by atoms with Crippen molar-refractivity contribution in [1.82, 2.24) is 16.0 Å². The quantitative estimate of drug-likeness (QED) is 0.504. The third-order valence-corrected chi connectivity index (χ3v) is 3.74. The minimum absolute atomic E-state index is 0.0529. The van der Waals surface area contributed by atoms with Crippen LogP contribution in [0, 0.1) is 0 Å². The van der Waals surface area contributed by atoms with Gasteiger partial charge in [-0.05, 0) is 49.2 Å². The molecule has 0 aliphatic heterocycles. The van der Waals surface area contributed by atoms with Crippen LogP contribution in [-0.2, 0) is 13.1 Å².